The van der Waals surface area contributed by atoms with E-state index in [4.69, 9.17) is 4.74 Å². The van der Waals surface area contributed by atoms with Gasteiger partial charge in [-0.15, -0.1) is 11.3 Å². The Balaban J connectivity index is 1.71. The van der Waals surface area contributed by atoms with Crippen molar-refractivity contribution in [3.8, 4) is 0 Å². The second kappa shape index (κ2) is 8.37. The minimum atomic E-state index is 0.786. The second-order valence-corrected chi connectivity index (χ2v) is 7.69. The molecule has 2 heterocycles. The summed E-state index contributed by atoms with van der Waals surface area (Å²) in [5.41, 5.74) is 0. The first-order valence-corrected chi connectivity index (χ1v) is 8.55. The van der Waals surface area contributed by atoms with Crippen LogP contribution in [0.3, 0.4) is 0 Å². The molecule has 3 nitrogen and oxygen atoms in total. The van der Waals surface area contributed by atoms with Crippen molar-refractivity contribution in [3.63, 3.8) is 0 Å². The monoisotopic (exact) mass is 346 g/mol. The molecule has 1 fully saturated rings. The van der Waals surface area contributed by atoms with E-state index in [2.05, 4.69) is 38.3 Å². The zero-order chi connectivity index (χ0) is 13.5. The largest absolute Gasteiger partial charge is 0.383 e. The predicted octanol–water partition coefficient (Wildman–Crippen LogP) is 2.96. The van der Waals surface area contributed by atoms with Crippen LogP contribution in [0.4, 0.5) is 0 Å². The van der Waals surface area contributed by atoms with Gasteiger partial charge < -0.3 is 10.1 Å². The molecule has 0 spiro atoms. The summed E-state index contributed by atoms with van der Waals surface area (Å²) >= 11 is 5.39. The molecule has 108 valence electrons. The quantitative estimate of drug-likeness (QED) is 0.768. The predicted molar refractivity (Wildman–Crippen MR) is 84.8 cm³/mol. The fraction of sp³-hybridized carbons (Fsp3) is 0.714. The van der Waals surface area contributed by atoms with Crippen LogP contribution in [0.5, 0.6) is 0 Å². The van der Waals surface area contributed by atoms with Gasteiger partial charge in [-0.25, -0.2) is 0 Å². The summed E-state index contributed by atoms with van der Waals surface area (Å²) in [4.78, 5) is 4.05. The van der Waals surface area contributed by atoms with Crippen molar-refractivity contribution >= 4 is 27.3 Å². The number of ether oxygens (including phenoxy) is 1. The Morgan fingerprint density at radius 2 is 2.42 bits per heavy atom. The third-order valence-corrected chi connectivity index (χ3v) is 5.14. The molecular weight excluding hydrogens is 324 g/mol. The van der Waals surface area contributed by atoms with Gasteiger partial charge in [0.25, 0.3) is 0 Å². The smallest absolute Gasteiger partial charge is 0.0701 e. The van der Waals surface area contributed by atoms with Crippen LogP contribution < -0.4 is 5.32 Å². The Kier molecular flexibility index (Phi) is 6.81. The molecule has 1 unspecified atom stereocenters. The average molecular weight is 347 g/mol. The van der Waals surface area contributed by atoms with Gasteiger partial charge in [-0.3, -0.25) is 4.90 Å². The molecule has 1 aromatic heterocycles. The molecular formula is C14H23BrN2OS. The summed E-state index contributed by atoms with van der Waals surface area (Å²) in [6.07, 6.45) is 2.67. The van der Waals surface area contributed by atoms with Gasteiger partial charge >= 0.3 is 0 Å². The van der Waals surface area contributed by atoms with Crippen LogP contribution in [-0.2, 0) is 11.3 Å². The van der Waals surface area contributed by atoms with Gasteiger partial charge in [0.2, 0.25) is 0 Å². The van der Waals surface area contributed by atoms with Crippen LogP contribution >= 0.6 is 27.3 Å². The van der Waals surface area contributed by atoms with Crippen molar-refractivity contribution in [2.24, 2.45) is 5.92 Å². The average Bonchev–Trinajstić information content (AvgIpc) is 2.81. The number of methoxy groups -OCH3 is 1. The molecule has 5 heteroatoms. The summed E-state index contributed by atoms with van der Waals surface area (Å²) in [6, 6.07) is 4.38. The number of nitrogens with zero attached hydrogens (tertiary/aromatic N) is 1. The molecule has 0 saturated carbocycles. The first kappa shape index (κ1) is 15.4. The summed E-state index contributed by atoms with van der Waals surface area (Å²) in [5.74, 6) is 0.786. The Hall–Kier alpha value is 0.0600. The van der Waals surface area contributed by atoms with E-state index in [1.807, 2.05) is 11.3 Å². The van der Waals surface area contributed by atoms with E-state index in [0.29, 0.717) is 0 Å². The molecule has 0 amide bonds. The maximum atomic E-state index is 5.06. The molecule has 1 atom stereocenters. The van der Waals surface area contributed by atoms with Crippen molar-refractivity contribution in [1.82, 2.24) is 10.2 Å². The van der Waals surface area contributed by atoms with E-state index in [1.165, 1.54) is 34.6 Å². The SMILES string of the molecule is COCCNCC1CCCN(Cc2ccc(Br)s2)C1. The van der Waals surface area contributed by atoms with Gasteiger partial charge in [0.1, 0.15) is 0 Å². The molecule has 2 rings (SSSR count). The van der Waals surface area contributed by atoms with E-state index in [0.717, 1.165) is 32.2 Å². The number of piperidine rings is 1. The Morgan fingerprint density at radius 3 is 3.16 bits per heavy atom. The highest BCUT2D eigenvalue weighted by Crippen LogP contribution is 2.25. The molecule has 0 aromatic carbocycles. The fourth-order valence-corrected chi connectivity index (χ4v) is 4.12. The maximum Gasteiger partial charge on any atom is 0.0701 e. The summed E-state index contributed by atoms with van der Waals surface area (Å²) in [5, 5.41) is 3.49. The van der Waals surface area contributed by atoms with Gasteiger partial charge in [0, 0.05) is 31.6 Å². The Bertz CT molecular complexity index is 372. The first-order chi connectivity index (χ1) is 9.28. The number of hydrogen-bond donors (Lipinski definition) is 1. The third kappa shape index (κ3) is 5.52. The van der Waals surface area contributed by atoms with Crippen LogP contribution in [0, 0.1) is 5.92 Å². The van der Waals surface area contributed by atoms with E-state index < -0.39 is 0 Å². The molecule has 0 radical (unpaired) electrons. The normalized spacial score (nSPS) is 20.8. The topological polar surface area (TPSA) is 24.5 Å². The van der Waals surface area contributed by atoms with Crippen molar-refractivity contribution in [2.75, 3.05) is 39.9 Å². The molecule has 1 saturated heterocycles. The summed E-state index contributed by atoms with van der Waals surface area (Å²) < 4.78 is 6.29. The van der Waals surface area contributed by atoms with Crippen LogP contribution in [0.25, 0.3) is 0 Å². The van der Waals surface area contributed by atoms with Crippen LogP contribution in [0.15, 0.2) is 15.9 Å². The molecule has 1 aliphatic heterocycles. The number of thiophene rings is 1. The zero-order valence-corrected chi connectivity index (χ0v) is 13.9. The molecule has 19 heavy (non-hydrogen) atoms. The van der Waals surface area contributed by atoms with Crippen LogP contribution in [0.2, 0.25) is 0 Å². The number of nitrogens with one attached hydrogen (secondary N) is 1. The summed E-state index contributed by atoms with van der Waals surface area (Å²) in [6.45, 7) is 6.45. The lowest BCUT2D eigenvalue weighted by molar-refractivity contribution is 0.160. The van der Waals surface area contributed by atoms with Crippen molar-refractivity contribution in [1.29, 1.82) is 0 Å². The standard InChI is InChI=1S/C14H23BrN2OS/c1-18-8-6-16-9-12-3-2-7-17(10-12)11-13-4-5-14(15)19-13/h4-5,12,16H,2-3,6-11H2,1H3. The number of halogens is 1. The molecule has 1 aromatic rings. The maximum absolute atomic E-state index is 5.06. The van der Waals surface area contributed by atoms with Gasteiger partial charge in [-0.1, -0.05) is 0 Å². The van der Waals surface area contributed by atoms with E-state index in [1.54, 1.807) is 7.11 Å². The minimum Gasteiger partial charge on any atom is -0.383 e. The lowest BCUT2D eigenvalue weighted by atomic mass is 9.98. The third-order valence-electron chi connectivity index (χ3n) is 3.53. The molecule has 1 aliphatic rings. The lowest BCUT2D eigenvalue weighted by Gasteiger charge is -2.32. The van der Waals surface area contributed by atoms with E-state index in [-0.39, 0.29) is 0 Å². The van der Waals surface area contributed by atoms with E-state index >= 15 is 0 Å². The molecule has 0 aliphatic carbocycles. The number of hydrogen-bond acceptors (Lipinski definition) is 4. The van der Waals surface area contributed by atoms with Crippen molar-refractivity contribution in [2.45, 2.75) is 19.4 Å². The van der Waals surface area contributed by atoms with E-state index in [9.17, 15) is 0 Å². The highest BCUT2D eigenvalue weighted by molar-refractivity contribution is 9.11. The molecule has 1 N–H and O–H groups in total. The van der Waals surface area contributed by atoms with Crippen LogP contribution in [-0.4, -0.2) is 44.8 Å². The minimum absolute atomic E-state index is 0.786. The van der Waals surface area contributed by atoms with Gasteiger partial charge in [-0.2, -0.15) is 0 Å². The Labute approximate surface area is 128 Å². The second-order valence-electron chi connectivity index (χ2n) is 5.15. The highest BCUT2D eigenvalue weighted by Gasteiger charge is 2.19. The van der Waals surface area contributed by atoms with Crippen LogP contribution in [0.1, 0.15) is 17.7 Å². The Morgan fingerprint density at radius 1 is 1.53 bits per heavy atom. The van der Waals surface area contributed by atoms with Gasteiger partial charge in [0.15, 0.2) is 0 Å². The highest BCUT2D eigenvalue weighted by atomic mass is 79.9. The first-order valence-electron chi connectivity index (χ1n) is 6.94. The zero-order valence-electron chi connectivity index (χ0n) is 11.5. The van der Waals surface area contributed by atoms with Crippen molar-refractivity contribution < 1.29 is 4.74 Å². The molecule has 0 bridgehead atoms. The number of rotatable bonds is 7. The van der Waals surface area contributed by atoms with Crippen molar-refractivity contribution in [3.05, 3.63) is 20.8 Å². The fourth-order valence-electron chi connectivity index (χ4n) is 2.60. The summed E-state index contributed by atoms with van der Waals surface area (Å²) in [7, 11) is 1.75. The lowest BCUT2D eigenvalue weighted by Crippen LogP contribution is -2.39. The van der Waals surface area contributed by atoms with Gasteiger partial charge in [0.05, 0.1) is 10.4 Å². The number of likely N-dealkylation sites (tertiary alicyclic amines) is 1. The van der Waals surface area contributed by atoms with Gasteiger partial charge in [-0.05, 0) is 59.9 Å².